The Balaban J connectivity index is 2.36. The van der Waals surface area contributed by atoms with Gasteiger partial charge in [-0.15, -0.1) is 11.3 Å². The van der Waals surface area contributed by atoms with E-state index >= 15 is 0 Å². The maximum Gasteiger partial charge on any atom is 0.294 e. The van der Waals surface area contributed by atoms with Crippen LogP contribution in [0.1, 0.15) is 10.4 Å². The minimum absolute atomic E-state index is 0.0402. The second-order valence-corrected chi connectivity index (χ2v) is 4.29. The number of para-hydroxylation sites is 1. The van der Waals surface area contributed by atoms with Crippen LogP contribution in [0.3, 0.4) is 0 Å². The number of carbonyl (C=O) groups is 1. The van der Waals surface area contributed by atoms with Gasteiger partial charge in [-0.1, -0.05) is 6.07 Å². The number of nitro benzene ring substituents is 1. The predicted octanol–water partition coefficient (Wildman–Crippen LogP) is 1.59. The lowest BCUT2D eigenvalue weighted by Gasteiger charge is -2.08. The van der Waals surface area contributed by atoms with Gasteiger partial charge in [-0.05, 0) is 6.07 Å². The fourth-order valence-corrected chi connectivity index (χ4v) is 2.01. The zero-order chi connectivity index (χ0) is 13.8. The summed E-state index contributed by atoms with van der Waals surface area (Å²) in [5.41, 5.74) is 1.95. The van der Waals surface area contributed by atoms with Crippen molar-refractivity contribution in [3.05, 3.63) is 45.5 Å². The van der Waals surface area contributed by atoms with E-state index in [0.29, 0.717) is 5.13 Å². The Morgan fingerprint density at radius 3 is 2.84 bits per heavy atom. The molecular weight excluding hydrogens is 270 g/mol. The van der Waals surface area contributed by atoms with E-state index in [0.717, 1.165) is 0 Å². The van der Waals surface area contributed by atoms with Crippen LogP contribution in [-0.4, -0.2) is 15.8 Å². The van der Waals surface area contributed by atoms with Gasteiger partial charge in [0.25, 0.3) is 11.6 Å². The van der Waals surface area contributed by atoms with E-state index in [4.69, 9.17) is 5.84 Å². The Morgan fingerprint density at radius 2 is 2.26 bits per heavy atom. The molecule has 0 saturated heterocycles. The van der Waals surface area contributed by atoms with Crippen molar-refractivity contribution in [3.63, 3.8) is 0 Å². The van der Waals surface area contributed by atoms with Gasteiger partial charge in [0, 0.05) is 17.6 Å². The first kappa shape index (κ1) is 12.9. The van der Waals surface area contributed by atoms with Crippen LogP contribution in [-0.2, 0) is 0 Å². The topological polar surface area (TPSA) is 123 Å². The minimum Gasteiger partial charge on any atom is -0.318 e. The normalized spacial score (nSPS) is 9.95. The van der Waals surface area contributed by atoms with Crippen LogP contribution in [0.4, 0.5) is 16.5 Å². The molecule has 2 aromatic rings. The smallest absolute Gasteiger partial charge is 0.294 e. The first-order chi connectivity index (χ1) is 9.13. The molecule has 0 radical (unpaired) electrons. The molecule has 0 saturated carbocycles. The quantitative estimate of drug-likeness (QED) is 0.443. The van der Waals surface area contributed by atoms with E-state index in [1.165, 1.54) is 35.7 Å². The van der Waals surface area contributed by atoms with Crippen molar-refractivity contribution in [3.8, 4) is 0 Å². The Morgan fingerprint density at radius 1 is 1.47 bits per heavy atom. The second-order valence-electron chi connectivity index (χ2n) is 3.39. The summed E-state index contributed by atoms with van der Waals surface area (Å²) in [5.74, 6) is 4.73. The number of hydrogen-bond donors (Lipinski definition) is 3. The van der Waals surface area contributed by atoms with Crippen molar-refractivity contribution in [2.75, 3.05) is 10.7 Å². The summed E-state index contributed by atoms with van der Waals surface area (Å²) in [5, 5.41) is 15.5. The fourth-order valence-electron chi connectivity index (χ4n) is 1.48. The Bertz CT molecular complexity index is 614. The molecule has 1 amide bonds. The van der Waals surface area contributed by atoms with Gasteiger partial charge < -0.3 is 5.43 Å². The Labute approximate surface area is 111 Å². The summed E-state index contributed by atoms with van der Waals surface area (Å²) in [7, 11) is 0. The molecule has 0 spiro atoms. The molecule has 4 N–H and O–H groups in total. The number of benzene rings is 1. The van der Waals surface area contributed by atoms with Gasteiger partial charge in [-0.25, -0.2) is 4.98 Å². The van der Waals surface area contributed by atoms with E-state index < -0.39 is 10.8 Å². The number of anilines is 2. The van der Waals surface area contributed by atoms with Crippen LogP contribution < -0.4 is 16.6 Å². The van der Waals surface area contributed by atoms with Gasteiger partial charge >= 0.3 is 0 Å². The molecule has 1 aromatic heterocycles. The van der Waals surface area contributed by atoms with Crippen LogP contribution in [0, 0.1) is 10.1 Å². The van der Waals surface area contributed by atoms with Gasteiger partial charge in [-0.3, -0.25) is 26.1 Å². The molecule has 0 unspecified atom stereocenters. The number of aromatic nitrogens is 1. The highest BCUT2D eigenvalue weighted by Crippen LogP contribution is 2.28. The highest BCUT2D eigenvalue weighted by molar-refractivity contribution is 7.13. The third-order valence-electron chi connectivity index (χ3n) is 2.28. The number of hydrazine groups is 1. The maximum absolute atomic E-state index is 12.0. The number of rotatable bonds is 4. The molecular formula is C10H9N5O3S. The largest absolute Gasteiger partial charge is 0.318 e. The highest BCUT2D eigenvalue weighted by atomic mass is 32.1. The first-order valence-corrected chi connectivity index (χ1v) is 5.96. The van der Waals surface area contributed by atoms with Crippen molar-refractivity contribution in [2.45, 2.75) is 0 Å². The van der Waals surface area contributed by atoms with E-state index in [9.17, 15) is 14.9 Å². The Hall–Kier alpha value is -2.52. The number of carbonyl (C=O) groups excluding carboxylic acids is 1. The molecule has 0 bridgehead atoms. The molecule has 2 rings (SSSR count). The molecule has 0 fully saturated rings. The van der Waals surface area contributed by atoms with Crippen LogP contribution in [0.15, 0.2) is 29.8 Å². The number of nitrogens with zero attached hydrogens (tertiary/aromatic N) is 2. The summed E-state index contributed by atoms with van der Waals surface area (Å²) in [6.45, 7) is 0. The van der Waals surface area contributed by atoms with Crippen molar-refractivity contribution in [1.29, 1.82) is 0 Å². The van der Waals surface area contributed by atoms with Crippen molar-refractivity contribution in [1.82, 2.24) is 4.98 Å². The van der Waals surface area contributed by atoms with Crippen LogP contribution in [0.5, 0.6) is 0 Å². The van der Waals surface area contributed by atoms with Crippen LogP contribution >= 0.6 is 11.3 Å². The number of nitrogen functional groups attached to an aromatic ring is 1. The minimum atomic E-state index is -0.616. The van der Waals surface area contributed by atoms with E-state index in [2.05, 4.69) is 15.7 Å². The molecule has 0 atom stereocenters. The van der Waals surface area contributed by atoms with E-state index in [1.54, 1.807) is 5.38 Å². The van der Waals surface area contributed by atoms with Crippen molar-refractivity contribution < 1.29 is 9.72 Å². The predicted molar refractivity (Wildman–Crippen MR) is 71.0 cm³/mol. The van der Waals surface area contributed by atoms with Crippen molar-refractivity contribution in [2.24, 2.45) is 5.84 Å². The lowest BCUT2D eigenvalue weighted by molar-refractivity contribution is -0.384. The zero-order valence-corrected chi connectivity index (χ0v) is 10.3. The first-order valence-electron chi connectivity index (χ1n) is 5.08. The number of nitrogens with two attached hydrogens (primary N) is 1. The summed E-state index contributed by atoms with van der Waals surface area (Å²) < 4.78 is 0. The van der Waals surface area contributed by atoms with Gasteiger partial charge in [0.2, 0.25) is 0 Å². The Kier molecular flexibility index (Phi) is 3.68. The number of thiazole rings is 1. The van der Waals surface area contributed by atoms with Gasteiger partial charge in [0.1, 0.15) is 5.69 Å². The lowest BCUT2D eigenvalue weighted by Crippen LogP contribution is -2.18. The summed E-state index contributed by atoms with van der Waals surface area (Å²) in [4.78, 5) is 26.1. The number of nitro groups is 1. The third kappa shape index (κ3) is 2.67. The SMILES string of the molecule is NNc1c(C(=O)Nc2nccs2)cccc1[N+](=O)[O-]. The average molecular weight is 279 g/mol. The molecule has 1 heterocycles. The van der Waals surface area contributed by atoms with Gasteiger partial charge in [-0.2, -0.15) is 0 Å². The maximum atomic E-state index is 12.0. The number of hydrogen-bond acceptors (Lipinski definition) is 7. The molecule has 0 aliphatic heterocycles. The summed E-state index contributed by atoms with van der Waals surface area (Å²) >= 11 is 1.24. The highest BCUT2D eigenvalue weighted by Gasteiger charge is 2.21. The molecule has 9 heteroatoms. The molecule has 0 aliphatic rings. The van der Waals surface area contributed by atoms with Crippen molar-refractivity contribution >= 4 is 33.8 Å². The van der Waals surface area contributed by atoms with Crippen LogP contribution in [0.2, 0.25) is 0 Å². The monoisotopic (exact) mass is 279 g/mol. The molecule has 8 nitrogen and oxygen atoms in total. The van der Waals surface area contributed by atoms with E-state index in [-0.39, 0.29) is 16.9 Å². The molecule has 0 aliphatic carbocycles. The second kappa shape index (κ2) is 5.42. The third-order valence-corrected chi connectivity index (χ3v) is 2.97. The summed E-state index contributed by atoms with van der Waals surface area (Å²) in [6, 6.07) is 4.11. The molecule has 19 heavy (non-hydrogen) atoms. The standard InChI is InChI=1S/C10H9N5O3S/c11-14-8-6(2-1-3-7(8)15(17)18)9(16)13-10-12-4-5-19-10/h1-5,14H,11H2,(H,12,13,16). The molecule has 98 valence electrons. The van der Waals surface area contributed by atoms with Crippen LogP contribution in [0.25, 0.3) is 0 Å². The van der Waals surface area contributed by atoms with E-state index in [1.807, 2.05) is 0 Å². The average Bonchev–Trinajstić information content (AvgIpc) is 2.90. The molecule has 1 aromatic carbocycles. The lowest BCUT2D eigenvalue weighted by atomic mass is 10.1. The van der Waals surface area contributed by atoms with Gasteiger partial charge in [0.05, 0.1) is 10.5 Å². The number of nitrogens with one attached hydrogen (secondary N) is 2. The zero-order valence-electron chi connectivity index (χ0n) is 9.49. The summed E-state index contributed by atoms with van der Waals surface area (Å²) in [6.07, 6.45) is 1.54. The van der Waals surface area contributed by atoms with Gasteiger partial charge in [0.15, 0.2) is 5.13 Å². The number of amides is 1. The fraction of sp³-hybridized carbons (Fsp3) is 0.